The van der Waals surface area contributed by atoms with Gasteiger partial charge in [-0.05, 0) is 25.1 Å². The van der Waals surface area contributed by atoms with Crippen LogP contribution in [0.3, 0.4) is 0 Å². The molecule has 140 valence electrons. The minimum atomic E-state index is -0.879. The molecule has 1 aliphatic rings. The average Bonchev–Trinajstić information content (AvgIpc) is 3.20. The van der Waals surface area contributed by atoms with Gasteiger partial charge in [-0.25, -0.2) is 4.98 Å². The largest absolute Gasteiger partial charge is 0.481 e. The highest BCUT2D eigenvalue weighted by Crippen LogP contribution is 2.20. The maximum absolute atomic E-state index is 14.8. The number of imidazole rings is 1. The number of aliphatic carboxylic acids is 1. The van der Waals surface area contributed by atoms with E-state index >= 15 is 0 Å². The first-order chi connectivity index (χ1) is 12.9. The fourth-order valence-electron chi connectivity index (χ4n) is 3.35. The van der Waals surface area contributed by atoms with Crippen LogP contribution in [0.25, 0.3) is 5.65 Å². The number of nitrogens with zero attached hydrogens (tertiary/aromatic N) is 5. The molecule has 4 rings (SSSR count). The first-order valence-electron chi connectivity index (χ1n) is 8.64. The van der Waals surface area contributed by atoms with Gasteiger partial charge in [0, 0.05) is 18.7 Å². The van der Waals surface area contributed by atoms with Crippen molar-refractivity contribution in [1.82, 2.24) is 24.1 Å². The molecule has 0 bridgehead atoms. The van der Waals surface area contributed by atoms with Crippen LogP contribution in [0.4, 0.5) is 4.39 Å². The summed E-state index contributed by atoms with van der Waals surface area (Å²) in [6.07, 6.45) is 0.342. The fraction of sp³-hybridized carbons (Fsp3) is 0.333. The summed E-state index contributed by atoms with van der Waals surface area (Å²) in [4.78, 5) is 29.3. The van der Waals surface area contributed by atoms with Crippen molar-refractivity contribution in [2.75, 3.05) is 6.54 Å². The number of halogens is 1. The number of carbonyl (C=O) groups excluding carboxylic acids is 1. The van der Waals surface area contributed by atoms with Crippen LogP contribution in [0.2, 0.25) is 0 Å². The van der Waals surface area contributed by atoms with Gasteiger partial charge < -0.3 is 10.0 Å². The van der Waals surface area contributed by atoms with Crippen molar-refractivity contribution in [3.8, 4) is 0 Å². The Hall–Kier alpha value is -3.23. The van der Waals surface area contributed by atoms with Crippen molar-refractivity contribution in [2.45, 2.75) is 32.9 Å². The van der Waals surface area contributed by atoms with Crippen LogP contribution in [0.5, 0.6) is 0 Å². The molecule has 1 amide bonds. The molecule has 0 aliphatic carbocycles. The van der Waals surface area contributed by atoms with Crippen molar-refractivity contribution < 1.29 is 19.1 Å². The molecule has 4 heterocycles. The van der Waals surface area contributed by atoms with Crippen molar-refractivity contribution >= 4 is 17.5 Å². The van der Waals surface area contributed by atoms with E-state index < -0.39 is 17.8 Å². The van der Waals surface area contributed by atoms with Crippen LogP contribution >= 0.6 is 0 Å². The minimum Gasteiger partial charge on any atom is -0.481 e. The number of fused-ring (bicyclic) bond motifs is 2. The second-order valence-electron chi connectivity index (χ2n) is 6.58. The van der Waals surface area contributed by atoms with Gasteiger partial charge in [0.15, 0.2) is 5.69 Å². The van der Waals surface area contributed by atoms with Gasteiger partial charge in [0.2, 0.25) is 5.95 Å². The lowest BCUT2D eigenvalue weighted by Crippen LogP contribution is -2.38. The molecule has 0 saturated carbocycles. The summed E-state index contributed by atoms with van der Waals surface area (Å²) in [6.45, 7) is 2.90. The molecule has 9 heteroatoms. The predicted molar refractivity (Wildman–Crippen MR) is 92.8 cm³/mol. The summed E-state index contributed by atoms with van der Waals surface area (Å²) in [5.74, 6) is -2.00. The highest BCUT2D eigenvalue weighted by atomic mass is 19.1. The second-order valence-corrected chi connectivity index (χ2v) is 6.58. The van der Waals surface area contributed by atoms with Crippen molar-refractivity contribution in [2.24, 2.45) is 0 Å². The molecule has 3 aromatic rings. The molecule has 0 aromatic carbocycles. The van der Waals surface area contributed by atoms with E-state index in [9.17, 15) is 14.0 Å². The SMILES string of the molecule is Cc1cccc2nc(C(=O)N3CCn4nc(CCC(=O)O)cc4C3)c(F)n12. The van der Waals surface area contributed by atoms with Gasteiger partial charge in [-0.1, -0.05) is 6.07 Å². The third-order valence-electron chi connectivity index (χ3n) is 4.72. The molecule has 1 aliphatic heterocycles. The Balaban J connectivity index is 1.57. The Morgan fingerprint density at radius 2 is 2.11 bits per heavy atom. The number of carbonyl (C=O) groups is 2. The Kier molecular flexibility index (Phi) is 4.14. The lowest BCUT2D eigenvalue weighted by atomic mass is 10.2. The van der Waals surface area contributed by atoms with Crippen molar-refractivity contribution in [3.63, 3.8) is 0 Å². The van der Waals surface area contributed by atoms with Crippen LogP contribution < -0.4 is 0 Å². The Morgan fingerprint density at radius 1 is 1.30 bits per heavy atom. The molecule has 0 spiro atoms. The fourth-order valence-corrected chi connectivity index (χ4v) is 3.35. The quantitative estimate of drug-likeness (QED) is 0.753. The summed E-state index contributed by atoms with van der Waals surface area (Å²) in [5, 5.41) is 13.2. The topological polar surface area (TPSA) is 92.7 Å². The van der Waals surface area contributed by atoms with Crippen molar-refractivity contribution in [3.05, 3.63) is 53.0 Å². The average molecular weight is 371 g/mol. The van der Waals surface area contributed by atoms with Gasteiger partial charge in [-0.3, -0.25) is 18.7 Å². The molecular formula is C18H18FN5O3. The predicted octanol–water partition coefficient (Wildman–Crippen LogP) is 1.65. The van der Waals surface area contributed by atoms with Gasteiger partial charge in [-0.2, -0.15) is 9.49 Å². The molecule has 3 aromatic heterocycles. The zero-order valence-electron chi connectivity index (χ0n) is 14.7. The van der Waals surface area contributed by atoms with Crippen LogP contribution in [-0.4, -0.2) is 47.6 Å². The van der Waals surface area contributed by atoms with Crippen LogP contribution in [0, 0.1) is 12.9 Å². The molecule has 0 saturated heterocycles. The number of carboxylic acids is 1. The molecule has 0 unspecified atom stereocenters. The molecule has 27 heavy (non-hydrogen) atoms. The number of amides is 1. The second kappa shape index (κ2) is 6.49. The van der Waals surface area contributed by atoms with E-state index in [2.05, 4.69) is 10.1 Å². The number of aryl methyl sites for hydroxylation is 2. The summed E-state index contributed by atoms with van der Waals surface area (Å²) >= 11 is 0. The van der Waals surface area contributed by atoms with Crippen LogP contribution in [0.1, 0.15) is 34.0 Å². The first kappa shape index (κ1) is 17.2. The zero-order chi connectivity index (χ0) is 19.1. The van der Waals surface area contributed by atoms with Gasteiger partial charge >= 0.3 is 5.97 Å². The highest BCUT2D eigenvalue weighted by Gasteiger charge is 2.28. The first-order valence-corrected chi connectivity index (χ1v) is 8.64. The van der Waals surface area contributed by atoms with Crippen LogP contribution in [0.15, 0.2) is 24.3 Å². The zero-order valence-corrected chi connectivity index (χ0v) is 14.7. The number of carboxylic acid groups (broad SMARTS) is 1. The Morgan fingerprint density at radius 3 is 2.85 bits per heavy atom. The van der Waals surface area contributed by atoms with E-state index in [4.69, 9.17) is 5.11 Å². The summed E-state index contributed by atoms with van der Waals surface area (Å²) < 4.78 is 17.8. The van der Waals surface area contributed by atoms with Gasteiger partial charge in [0.25, 0.3) is 5.91 Å². The summed E-state index contributed by atoms with van der Waals surface area (Å²) in [5.41, 5.74) is 2.35. The van der Waals surface area contributed by atoms with Gasteiger partial charge in [0.05, 0.1) is 30.9 Å². The lowest BCUT2D eigenvalue weighted by Gasteiger charge is -2.27. The molecule has 0 atom stereocenters. The number of pyridine rings is 1. The third kappa shape index (κ3) is 3.05. The van der Waals surface area contributed by atoms with E-state index in [0.717, 1.165) is 5.69 Å². The summed E-state index contributed by atoms with van der Waals surface area (Å²) in [6, 6.07) is 6.98. The van der Waals surface area contributed by atoms with Crippen LogP contribution in [-0.2, 0) is 24.3 Å². The summed E-state index contributed by atoms with van der Waals surface area (Å²) in [7, 11) is 0. The van der Waals surface area contributed by atoms with Gasteiger partial charge in [0.1, 0.15) is 5.65 Å². The minimum absolute atomic E-state index is 0.00487. The standard InChI is InChI=1S/C18H18FN5O3/c1-11-3-2-4-14-20-16(17(19)24(11)14)18(27)22-7-8-23-13(10-22)9-12(21-23)5-6-15(25)26/h2-4,9H,5-8,10H2,1H3,(H,25,26). The highest BCUT2D eigenvalue weighted by molar-refractivity contribution is 5.93. The molecular weight excluding hydrogens is 353 g/mol. The maximum atomic E-state index is 14.8. The van der Waals surface area contributed by atoms with E-state index in [1.165, 1.54) is 9.30 Å². The number of rotatable bonds is 4. The van der Waals surface area contributed by atoms with Gasteiger partial charge in [-0.15, -0.1) is 0 Å². The number of hydrogen-bond donors (Lipinski definition) is 1. The lowest BCUT2D eigenvalue weighted by molar-refractivity contribution is -0.136. The number of hydrogen-bond acceptors (Lipinski definition) is 4. The molecule has 0 radical (unpaired) electrons. The molecule has 1 N–H and O–H groups in total. The maximum Gasteiger partial charge on any atom is 0.303 e. The van der Waals surface area contributed by atoms with E-state index in [-0.39, 0.29) is 18.7 Å². The third-order valence-corrected chi connectivity index (χ3v) is 4.72. The molecule has 8 nitrogen and oxygen atoms in total. The number of aromatic nitrogens is 4. The van der Waals surface area contributed by atoms with E-state index in [1.54, 1.807) is 35.9 Å². The Labute approximate surface area is 153 Å². The van der Waals surface area contributed by atoms with E-state index in [0.29, 0.717) is 36.5 Å². The van der Waals surface area contributed by atoms with E-state index in [1.807, 2.05) is 0 Å². The normalized spacial score (nSPS) is 13.8. The smallest absolute Gasteiger partial charge is 0.303 e. The molecule has 0 fully saturated rings. The Bertz CT molecular complexity index is 1050. The van der Waals surface area contributed by atoms with Crippen molar-refractivity contribution in [1.29, 1.82) is 0 Å². The monoisotopic (exact) mass is 371 g/mol.